The van der Waals surface area contributed by atoms with E-state index in [0.29, 0.717) is 12.2 Å². The highest BCUT2D eigenvalue weighted by Gasteiger charge is 2.24. The van der Waals surface area contributed by atoms with E-state index >= 15 is 0 Å². The third kappa shape index (κ3) is 4.14. The van der Waals surface area contributed by atoms with Crippen LogP contribution in [0.15, 0.2) is 48.7 Å². The van der Waals surface area contributed by atoms with Gasteiger partial charge in [-0.05, 0) is 36.4 Å². The van der Waals surface area contributed by atoms with E-state index in [1.54, 1.807) is 18.3 Å². The first kappa shape index (κ1) is 19.1. The summed E-state index contributed by atoms with van der Waals surface area (Å²) in [6, 6.07) is 12.8. The number of nitrogens with zero attached hydrogens (tertiary/aromatic N) is 3. The Bertz CT molecular complexity index is 1070. The van der Waals surface area contributed by atoms with E-state index in [0.717, 1.165) is 36.0 Å². The maximum absolute atomic E-state index is 12.6. The average molecular weight is 410 g/mol. The zero-order valence-electron chi connectivity index (χ0n) is 15.6. The number of fused-ring (bicyclic) bond motifs is 1. The highest BCUT2D eigenvalue weighted by molar-refractivity contribution is 6.34. The molecular weight excluding hydrogens is 390 g/mol. The summed E-state index contributed by atoms with van der Waals surface area (Å²) >= 11 is 6.21. The molecule has 1 aliphatic rings. The lowest BCUT2D eigenvalue weighted by Crippen LogP contribution is -2.41. The van der Waals surface area contributed by atoms with Crippen LogP contribution in [0.2, 0.25) is 5.15 Å². The lowest BCUT2D eigenvalue weighted by molar-refractivity contribution is -0.122. The van der Waals surface area contributed by atoms with Gasteiger partial charge in [0.25, 0.3) is 5.91 Å². The minimum atomic E-state index is -0.362. The van der Waals surface area contributed by atoms with Gasteiger partial charge < -0.3 is 16.0 Å². The molecule has 0 bridgehead atoms. The van der Waals surface area contributed by atoms with Crippen molar-refractivity contribution in [1.29, 1.82) is 0 Å². The molecule has 29 heavy (non-hydrogen) atoms. The topological polar surface area (TPSA) is 101 Å². The molecule has 0 radical (unpaired) electrons. The fraction of sp³-hybridized carbons (Fsp3) is 0.238. The van der Waals surface area contributed by atoms with Gasteiger partial charge in [0, 0.05) is 18.5 Å². The van der Waals surface area contributed by atoms with Gasteiger partial charge in [0.2, 0.25) is 5.91 Å². The molecule has 0 aliphatic carbocycles. The quantitative estimate of drug-likeness (QED) is 0.644. The molecular formula is C21H20ClN5O2. The lowest BCUT2D eigenvalue weighted by atomic mass is 9.97. The van der Waals surface area contributed by atoms with Crippen LogP contribution < -0.4 is 16.0 Å². The highest BCUT2D eigenvalue weighted by Crippen LogP contribution is 2.24. The van der Waals surface area contributed by atoms with Crippen molar-refractivity contribution in [2.45, 2.75) is 12.8 Å². The van der Waals surface area contributed by atoms with Gasteiger partial charge in [-0.1, -0.05) is 35.9 Å². The van der Waals surface area contributed by atoms with E-state index in [1.165, 1.54) is 0 Å². The molecule has 1 saturated heterocycles. The predicted molar refractivity (Wildman–Crippen MR) is 113 cm³/mol. The second-order valence-electron chi connectivity index (χ2n) is 7.07. The molecule has 1 fully saturated rings. The van der Waals surface area contributed by atoms with Gasteiger partial charge in [-0.2, -0.15) is 0 Å². The number of halogens is 1. The minimum absolute atomic E-state index is 0.159. The number of rotatable bonds is 4. The molecule has 3 N–H and O–H groups in total. The van der Waals surface area contributed by atoms with Crippen LogP contribution in [0.3, 0.4) is 0 Å². The second-order valence-corrected chi connectivity index (χ2v) is 7.42. The van der Waals surface area contributed by atoms with Crippen LogP contribution >= 0.6 is 11.6 Å². The molecule has 8 heteroatoms. The van der Waals surface area contributed by atoms with Crippen LogP contribution in [0.1, 0.15) is 23.3 Å². The number of anilines is 2. The molecule has 0 saturated carbocycles. The highest BCUT2D eigenvalue weighted by atomic mass is 35.5. The molecule has 1 aliphatic heterocycles. The van der Waals surface area contributed by atoms with Crippen LogP contribution in [0, 0.1) is 5.92 Å². The van der Waals surface area contributed by atoms with E-state index in [-0.39, 0.29) is 28.6 Å². The molecule has 2 aromatic heterocycles. The molecule has 3 heterocycles. The number of primary amides is 1. The number of hydrogen-bond donors (Lipinski definition) is 2. The number of carbonyl (C=O) groups is 2. The number of pyridine rings is 2. The van der Waals surface area contributed by atoms with E-state index in [1.807, 2.05) is 35.2 Å². The summed E-state index contributed by atoms with van der Waals surface area (Å²) in [6.45, 7) is 1.38. The molecule has 0 spiro atoms. The molecule has 7 nitrogen and oxygen atoms in total. The van der Waals surface area contributed by atoms with Gasteiger partial charge in [0.15, 0.2) is 0 Å². The maximum Gasteiger partial charge on any atom is 0.274 e. The van der Waals surface area contributed by atoms with E-state index in [9.17, 15) is 9.59 Å². The van der Waals surface area contributed by atoms with Crippen LogP contribution in [-0.4, -0.2) is 34.9 Å². The Morgan fingerprint density at radius 3 is 2.79 bits per heavy atom. The van der Waals surface area contributed by atoms with Crippen LogP contribution in [0.25, 0.3) is 10.8 Å². The lowest BCUT2D eigenvalue weighted by Gasteiger charge is -2.32. The molecule has 2 amide bonds. The smallest absolute Gasteiger partial charge is 0.274 e. The van der Waals surface area contributed by atoms with E-state index in [4.69, 9.17) is 17.3 Å². The normalized spacial score (nSPS) is 16.6. The van der Waals surface area contributed by atoms with Crippen molar-refractivity contribution in [3.8, 4) is 0 Å². The van der Waals surface area contributed by atoms with Crippen LogP contribution in [0.5, 0.6) is 0 Å². The first-order chi connectivity index (χ1) is 14.0. The van der Waals surface area contributed by atoms with Crippen LogP contribution in [-0.2, 0) is 4.79 Å². The van der Waals surface area contributed by atoms with Gasteiger partial charge in [0.1, 0.15) is 16.7 Å². The monoisotopic (exact) mass is 409 g/mol. The number of nitrogens with two attached hydrogens (primary N) is 1. The Morgan fingerprint density at radius 1 is 1.21 bits per heavy atom. The van der Waals surface area contributed by atoms with Crippen molar-refractivity contribution in [3.05, 3.63) is 59.5 Å². The number of carbonyl (C=O) groups excluding carboxylic acids is 2. The number of amides is 2. The summed E-state index contributed by atoms with van der Waals surface area (Å²) in [7, 11) is 0. The van der Waals surface area contributed by atoms with Gasteiger partial charge in [-0.15, -0.1) is 0 Å². The van der Waals surface area contributed by atoms with Gasteiger partial charge in [-0.25, -0.2) is 9.97 Å². The molecule has 1 unspecified atom stereocenters. The van der Waals surface area contributed by atoms with E-state index < -0.39 is 0 Å². The summed E-state index contributed by atoms with van der Waals surface area (Å²) in [5, 5.41) is 4.73. The minimum Gasteiger partial charge on any atom is -0.369 e. The maximum atomic E-state index is 12.6. The first-order valence-corrected chi connectivity index (χ1v) is 9.76. The van der Waals surface area contributed by atoms with Crippen LogP contribution in [0.4, 0.5) is 11.5 Å². The second kappa shape index (κ2) is 8.05. The summed E-state index contributed by atoms with van der Waals surface area (Å²) in [6.07, 6.45) is 3.28. The largest absolute Gasteiger partial charge is 0.369 e. The van der Waals surface area contributed by atoms with Gasteiger partial charge in [-0.3, -0.25) is 9.59 Å². The predicted octanol–water partition coefficient (Wildman–Crippen LogP) is 3.24. The third-order valence-corrected chi connectivity index (χ3v) is 5.37. The molecule has 1 atom stereocenters. The Hall–Kier alpha value is -3.19. The molecule has 1 aromatic carbocycles. The fourth-order valence-corrected chi connectivity index (χ4v) is 3.80. The Balaban J connectivity index is 1.47. The summed E-state index contributed by atoms with van der Waals surface area (Å²) in [5.41, 5.74) is 6.22. The zero-order chi connectivity index (χ0) is 20.4. The van der Waals surface area contributed by atoms with Gasteiger partial charge >= 0.3 is 0 Å². The SMILES string of the molecule is NC(=O)C1CCCN(c2ccc(NC(=O)c3cc4ccccc4c(Cl)n3)cn2)C1. The number of hydrogen-bond acceptors (Lipinski definition) is 5. The average Bonchev–Trinajstić information content (AvgIpc) is 2.74. The molecule has 4 rings (SSSR count). The summed E-state index contributed by atoms with van der Waals surface area (Å²) in [5.74, 6) is -0.0476. The van der Waals surface area contributed by atoms with Crippen molar-refractivity contribution in [2.24, 2.45) is 11.7 Å². The standard InChI is InChI=1S/C21H20ClN5O2/c22-19-16-6-2-1-4-13(16)10-17(26-19)21(29)25-15-7-8-18(24-11-15)27-9-3-5-14(12-27)20(23)28/h1-2,4,6-8,10-11,14H,3,5,9,12H2,(H2,23,28)(H,25,29). The number of piperidine rings is 1. The number of aromatic nitrogens is 2. The van der Waals surface area contributed by atoms with Crippen molar-refractivity contribution in [3.63, 3.8) is 0 Å². The molecule has 148 valence electrons. The number of benzene rings is 1. The van der Waals surface area contributed by atoms with E-state index in [2.05, 4.69) is 15.3 Å². The van der Waals surface area contributed by atoms with Crippen molar-refractivity contribution >= 4 is 45.7 Å². The third-order valence-electron chi connectivity index (χ3n) is 5.08. The van der Waals surface area contributed by atoms with Gasteiger partial charge in [0.05, 0.1) is 17.8 Å². The Kier molecular flexibility index (Phi) is 5.31. The summed E-state index contributed by atoms with van der Waals surface area (Å²) in [4.78, 5) is 34.7. The summed E-state index contributed by atoms with van der Waals surface area (Å²) < 4.78 is 0. The number of nitrogens with one attached hydrogen (secondary N) is 1. The van der Waals surface area contributed by atoms with Crippen molar-refractivity contribution < 1.29 is 9.59 Å². The molecule has 3 aromatic rings. The van der Waals surface area contributed by atoms with Crippen molar-refractivity contribution in [1.82, 2.24) is 9.97 Å². The Labute approximate surface area is 172 Å². The Morgan fingerprint density at radius 2 is 2.03 bits per heavy atom. The first-order valence-electron chi connectivity index (χ1n) is 9.38. The van der Waals surface area contributed by atoms with Crippen molar-refractivity contribution in [2.75, 3.05) is 23.3 Å². The fourth-order valence-electron chi connectivity index (χ4n) is 3.53. The zero-order valence-corrected chi connectivity index (χ0v) is 16.4.